The number of aromatic nitrogens is 3. The summed E-state index contributed by atoms with van der Waals surface area (Å²) in [6.45, 7) is 0. The maximum absolute atomic E-state index is 5.50. The molecule has 0 bridgehead atoms. The zero-order valence-electron chi connectivity index (χ0n) is 5.23. The lowest BCUT2D eigenvalue weighted by Gasteiger charge is -1.91. The van der Waals surface area contributed by atoms with Crippen molar-refractivity contribution in [2.24, 2.45) is 0 Å². The van der Waals surface area contributed by atoms with E-state index in [0.29, 0.717) is 5.69 Å². The lowest BCUT2D eigenvalue weighted by molar-refractivity contribution is 1.10. The zero-order chi connectivity index (χ0) is 6.97. The topological polar surface area (TPSA) is 56.2 Å². The molecule has 10 heavy (non-hydrogen) atoms. The molecular weight excluding hydrogens is 128 g/mol. The van der Waals surface area contributed by atoms with Gasteiger partial charge in [-0.2, -0.15) is 0 Å². The quantitative estimate of drug-likeness (QED) is 0.564. The first-order valence-electron chi connectivity index (χ1n) is 2.91. The number of anilines is 1. The highest BCUT2D eigenvalue weighted by Gasteiger charge is 1.92. The fourth-order valence-electron chi connectivity index (χ4n) is 0.833. The summed E-state index contributed by atoms with van der Waals surface area (Å²) in [5, 5.41) is 7.51. The van der Waals surface area contributed by atoms with Crippen LogP contribution in [0.5, 0.6) is 0 Å². The summed E-state index contributed by atoms with van der Waals surface area (Å²) in [6.07, 6.45) is 3.46. The van der Waals surface area contributed by atoms with Gasteiger partial charge in [0, 0.05) is 18.0 Å². The molecule has 2 aromatic rings. The van der Waals surface area contributed by atoms with E-state index in [0.717, 1.165) is 5.65 Å². The second kappa shape index (κ2) is 1.70. The first-order valence-corrected chi connectivity index (χ1v) is 2.91. The van der Waals surface area contributed by atoms with Crippen LogP contribution in [0.4, 0.5) is 5.69 Å². The van der Waals surface area contributed by atoms with Crippen molar-refractivity contribution in [3.8, 4) is 0 Å². The number of hydrogen-bond donors (Lipinski definition) is 1. The van der Waals surface area contributed by atoms with Gasteiger partial charge in [-0.15, -0.1) is 10.2 Å². The Morgan fingerprint density at radius 3 is 3.30 bits per heavy atom. The van der Waals surface area contributed by atoms with Gasteiger partial charge in [0.1, 0.15) is 6.33 Å². The van der Waals surface area contributed by atoms with E-state index < -0.39 is 0 Å². The number of nitrogen functional groups attached to an aromatic ring is 1. The Hall–Kier alpha value is -1.58. The molecule has 0 saturated carbocycles. The van der Waals surface area contributed by atoms with Gasteiger partial charge in [0.25, 0.3) is 0 Å². The molecule has 0 fully saturated rings. The van der Waals surface area contributed by atoms with E-state index in [4.69, 9.17) is 5.73 Å². The molecule has 2 heterocycles. The van der Waals surface area contributed by atoms with Crippen molar-refractivity contribution in [3.05, 3.63) is 24.7 Å². The average Bonchev–Trinajstić information content (AvgIpc) is 2.33. The molecule has 0 aliphatic carbocycles. The fraction of sp³-hybridized carbons (Fsp3) is 0. The van der Waals surface area contributed by atoms with Crippen LogP contribution in [0.3, 0.4) is 0 Å². The van der Waals surface area contributed by atoms with Crippen LogP contribution >= 0.6 is 0 Å². The molecule has 0 aliphatic heterocycles. The Morgan fingerprint density at radius 1 is 1.50 bits per heavy atom. The minimum Gasteiger partial charge on any atom is -0.399 e. The second-order valence-corrected chi connectivity index (χ2v) is 2.06. The van der Waals surface area contributed by atoms with Crippen molar-refractivity contribution < 1.29 is 0 Å². The molecule has 0 amide bonds. The molecular formula is C6H6N4. The summed E-state index contributed by atoms with van der Waals surface area (Å²) < 4.78 is 1.80. The van der Waals surface area contributed by atoms with Crippen LogP contribution < -0.4 is 5.73 Å². The molecule has 4 heteroatoms. The first kappa shape index (κ1) is 5.22. The Kier molecular flexibility index (Phi) is 0.887. The van der Waals surface area contributed by atoms with Gasteiger partial charge in [-0.25, -0.2) is 0 Å². The molecule has 0 atom stereocenters. The van der Waals surface area contributed by atoms with Gasteiger partial charge in [0.15, 0.2) is 5.65 Å². The van der Waals surface area contributed by atoms with E-state index in [1.165, 1.54) is 0 Å². The summed E-state index contributed by atoms with van der Waals surface area (Å²) >= 11 is 0. The average molecular weight is 134 g/mol. The Morgan fingerprint density at radius 2 is 2.40 bits per heavy atom. The third kappa shape index (κ3) is 0.621. The van der Waals surface area contributed by atoms with E-state index >= 15 is 0 Å². The Bertz CT molecular complexity index is 351. The third-order valence-corrected chi connectivity index (χ3v) is 1.32. The predicted octanol–water partition coefficient (Wildman–Crippen LogP) is 0.311. The summed E-state index contributed by atoms with van der Waals surface area (Å²) in [6, 6.07) is 3.57. The Balaban J connectivity index is 2.86. The summed E-state index contributed by atoms with van der Waals surface area (Å²) in [5.74, 6) is 0. The van der Waals surface area contributed by atoms with E-state index in [9.17, 15) is 0 Å². The van der Waals surface area contributed by atoms with Gasteiger partial charge in [-0.3, -0.25) is 4.40 Å². The van der Waals surface area contributed by atoms with Gasteiger partial charge in [0.2, 0.25) is 0 Å². The maximum atomic E-state index is 5.50. The molecule has 50 valence electrons. The zero-order valence-corrected chi connectivity index (χ0v) is 5.23. The van der Waals surface area contributed by atoms with Gasteiger partial charge < -0.3 is 5.73 Å². The summed E-state index contributed by atoms with van der Waals surface area (Å²) in [4.78, 5) is 0. The molecule has 0 radical (unpaired) electrons. The standard InChI is InChI=1S/C6H6N4/c7-5-1-2-10-4-8-9-6(10)3-5/h1-4H,7H2. The number of rotatable bonds is 0. The lowest BCUT2D eigenvalue weighted by atomic mass is 10.4. The van der Waals surface area contributed by atoms with Crippen molar-refractivity contribution in [1.82, 2.24) is 14.6 Å². The highest BCUT2D eigenvalue weighted by atomic mass is 15.2. The second-order valence-electron chi connectivity index (χ2n) is 2.06. The molecule has 0 saturated heterocycles. The minimum atomic E-state index is 0.709. The maximum Gasteiger partial charge on any atom is 0.162 e. The van der Waals surface area contributed by atoms with Crippen LogP contribution in [-0.4, -0.2) is 14.6 Å². The van der Waals surface area contributed by atoms with Crippen molar-refractivity contribution in [2.75, 3.05) is 5.73 Å². The normalized spacial score (nSPS) is 10.4. The largest absolute Gasteiger partial charge is 0.399 e. The number of nitrogens with two attached hydrogens (primary N) is 1. The van der Waals surface area contributed by atoms with Crippen LogP contribution in [0.2, 0.25) is 0 Å². The molecule has 4 nitrogen and oxygen atoms in total. The van der Waals surface area contributed by atoms with Gasteiger partial charge in [0.05, 0.1) is 0 Å². The van der Waals surface area contributed by atoms with Crippen molar-refractivity contribution in [3.63, 3.8) is 0 Å². The fourth-order valence-corrected chi connectivity index (χ4v) is 0.833. The molecule has 2 rings (SSSR count). The van der Waals surface area contributed by atoms with Crippen LogP contribution in [0.25, 0.3) is 5.65 Å². The highest BCUT2D eigenvalue weighted by Crippen LogP contribution is 2.03. The highest BCUT2D eigenvalue weighted by molar-refractivity contribution is 5.50. The predicted molar refractivity (Wildman–Crippen MR) is 37.4 cm³/mol. The molecule has 2 aromatic heterocycles. The van der Waals surface area contributed by atoms with Crippen LogP contribution in [0.15, 0.2) is 24.7 Å². The van der Waals surface area contributed by atoms with Crippen LogP contribution in [0, 0.1) is 0 Å². The first-order chi connectivity index (χ1) is 4.86. The van der Waals surface area contributed by atoms with Crippen molar-refractivity contribution >= 4 is 11.3 Å². The third-order valence-electron chi connectivity index (χ3n) is 1.32. The number of fused-ring (bicyclic) bond motifs is 1. The Labute approximate surface area is 57.3 Å². The molecule has 0 aromatic carbocycles. The van der Waals surface area contributed by atoms with E-state index in [1.54, 1.807) is 22.9 Å². The van der Waals surface area contributed by atoms with Crippen LogP contribution in [-0.2, 0) is 0 Å². The van der Waals surface area contributed by atoms with E-state index in [1.807, 2.05) is 6.20 Å². The lowest BCUT2D eigenvalue weighted by Crippen LogP contribution is -1.87. The van der Waals surface area contributed by atoms with E-state index in [-0.39, 0.29) is 0 Å². The van der Waals surface area contributed by atoms with E-state index in [2.05, 4.69) is 10.2 Å². The SMILES string of the molecule is Nc1ccn2cnnc2c1. The van der Waals surface area contributed by atoms with Crippen molar-refractivity contribution in [2.45, 2.75) is 0 Å². The summed E-state index contributed by atoms with van der Waals surface area (Å²) in [5.41, 5.74) is 6.99. The number of hydrogen-bond acceptors (Lipinski definition) is 3. The number of pyridine rings is 1. The molecule has 0 spiro atoms. The smallest absolute Gasteiger partial charge is 0.162 e. The van der Waals surface area contributed by atoms with Gasteiger partial charge in [-0.1, -0.05) is 0 Å². The monoisotopic (exact) mass is 134 g/mol. The van der Waals surface area contributed by atoms with Crippen molar-refractivity contribution in [1.29, 1.82) is 0 Å². The van der Waals surface area contributed by atoms with Crippen LogP contribution in [0.1, 0.15) is 0 Å². The molecule has 0 aliphatic rings. The van der Waals surface area contributed by atoms with Gasteiger partial charge in [-0.05, 0) is 6.07 Å². The summed E-state index contributed by atoms with van der Waals surface area (Å²) in [7, 11) is 0. The minimum absolute atomic E-state index is 0.709. The molecule has 0 unspecified atom stereocenters. The molecule has 2 N–H and O–H groups in total. The number of nitrogens with zero attached hydrogens (tertiary/aromatic N) is 3. The van der Waals surface area contributed by atoms with Gasteiger partial charge >= 0.3 is 0 Å².